The van der Waals surface area contributed by atoms with Crippen LogP contribution < -0.4 is 9.04 Å². The standard InChI is InChI=1S/C17H25N3O4S/c1-3-25(22,23)19(2)14-6-7-16(18-12-14)24-15-8-10-20(11-9-15)17(21)13-4-5-13/h6-7,12-13,15H,3-5,8-11H2,1-2H3. The summed E-state index contributed by atoms with van der Waals surface area (Å²) in [7, 11) is -1.78. The van der Waals surface area contributed by atoms with Gasteiger partial charge in [-0.2, -0.15) is 0 Å². The molecule has 1 aromatic rings. The molecule has 0 bridgehead atoms. The molecule has 0 spiro atoms. The molecular weight excluding hydrogens is 342 g/mol. The van der Waals surface area contributed by atoms with Crippen molar-refractivity contribution in [1.29, 1.82) is 0 Å². The third kappa shape index (κ3) is 4.23. The molecule has 0 atom stereocenters. The number of hydrogen-bond acceptors (Lipinski definition) is 5. The Bertz CT molecular complexity index is 708. The van der Waals surface area contributed by atoms with Gasteiger partial charge in [-0.3, -0.25) is 9.10 Å². The van der Waals surface area contributed by atoms with E-state index >= 15 is 0 Å². The van der Waals surface area contributed by atoms with Crippen LogP contribution in [-0.2, 0) is 14.8 Å². The maximum Gasteiger partial charge on any atom is 0.234 e. The van der Waals surface area contributed by atoms with Crippen molar-refractivity contribution in [2.75, 3.05) is 30.2 Å². The zero-order valence-corrected chi connectivity index (χ0v) is 15.5. The fourth-order valence-electron chi connectivity index (χ4n) is 2.94. The van der Waals surface area contributed by atoms with Crippen LogP contribution in [0.5, 0.6) is 5.88 Å². The average Bonchev–Trinajstić information content (AvgIpc) is 3.47. The number of sulfonamides is 1. The van der Waals surface area contributed by atoms with Gasteiger partial charge in [0, 0.05) is 45.0 Å². The Hall–Kier alpha value is -1.83. The summed E-state index contributed by atoms with van der Waals surface area (Å²) in [5.74, 6) is 1.09. The van der Waals surface area contributed by atoms with E-state index in [4.69, 9.17) is 4.74 Å². The third-order valence-corrected chi connectivity index (χ3v) is 6.61. The van der Waals surface area contributed by atoms with Gasteiger partial charge in [0.2, 0.25) is 21.8 Å². The van der Waals surface area contributed by atoms with Crippen molar-refractivity contribution in [2.45, 2.75) is 38.7 Å². The highest BCUT2D eigenvalue weighted by molar-refractivity contribution is 7.92. The van der Waals surface area contributed by atoms with Crippen LogP contribution in [-0.4, -0.2) is 56.2 Å². The molecule has 0 unspecified atom stereocenters. The van der Waals surface area contributed by atoms with Gasteiger partial charge in [0.05, 0.1) is 17.6 Å². The topological polar surface area (TPSA) is 79.8 Å². The molecule has 1 aliphatic carbocycles. The third-order valence-electron chi connectivity index (χ3n) is 4.83. The van der Waals surface area contributed by atoms with E-state index in [-0.39, 0.29) is 17.8 Å². The molecule has 0 aromatic carbocycles. The van der Waals surface area contributed by atoms with Crippen molar-refractivity contribution in [1.82, 2.24) is 9.88 Å². The summed E-state index contributed by atoms with van der Waals surface area (Å²) in [6.07, 6.45) is 5.21. The van der Waals surface area contributed by atoms with Crippen molar-refractivity contribution in [3.63, 3.8) is 0 Å². The van der Waals surface area contributed by atoms with Gasteiger partial charge in [0.15, 0.2) is 0 Å². The number of carbonyl (C=O) groups is 1. The van der Waals surface area contributed by atoms with Crippen LogP contribution in [0.3, 0.4) is 0 Å². The van der Waals surface area contributed by atoms with Crippen molar-refractivity contribution in [2.24, 2.45) is 5.92 Å². The van der Waals surface area contributed by atoms with Crippen LogP contribution in [0.4, 0.5) is 5.69 Å². The molecule has 7 nitrogen and oxygen atoms in total. The smallest absolute Gasteiger partial charge is 0.234 e. The van der Waals surface area contributed by atoms with Crippen molar-refractivity contribution in [3.05, 3.63) is 18.3 Å². The molecule has 3 rings (SSSR count). The molecular formula is C17H25N3O4S. The number of carbonyl (C=O) groups excluding carboxylic acids is 1. The first-order chi connectivity index (χ1) is 11.9. The number of aromatic nitrogens is 1. The minimum atomic E-state index is -3.29. The normalized spacial score (nSPS) is 18.9. The van der Waals surface area contributed by atoms with E-state index in [0.717, 1.165) is 38.8 Å². The van der Waals surface area contributed by atoms with Crippen LogP contribution >= 0.6 is 0 Å². The lowest BCUT2D eigenvalue weighted by molar-refractivity contribution is -0.134. The molecule has 1 saturated carbocycles. The van der Waals surface area contributed by atoms with Crippen molar-refractivity contribution >= 4 is 21.6 Å². The first-order valence-corrected chi connectivity index (χ1v) is 10.4. The van der Waals surface area contributed by atoms with Gasteiger partial charge >= 0.3 is 0 Å². The van der Waals surface area contributed by atoms with Gasteiger partial charge in [-0.25, -0.2) is 13.4 Å². The Balaban J connectivity index is 1.53. The van der Waals surface area contributed by atoms with Crippen LogP contribution in [0.25, 0.3) is 0 Å². The molecule has 0 N–H and O–H groups in total. The summed E-state index contributed by atoms with van der Waals surface area (Å²) in [6.45, 7) is 3.07. The van der Waals surface area contributed by atoms with Gasteiger partial charge in [0.25, 0.3) is 0 Å². The number of anilines is 1. The van der Waals surface area contributed by atoms with E-state index < -0.39 is 10.0 Å². The van der Waals surface area contributed by atoms with Crippen LogP contribution in [0.15, 0.2) is 18.3 Å². The highest BCUT2D eigenvalue weighted by atomic mass is 32.2. The predicted molar refractivity (Wildman–Crippen MR) is 95.1 cm³/mol. The molecule has 1 saturated heterocycles. The Morgan fingerprint density at radius 1 is 1.28 bits per heavy atom. The second kappa shape index (κ2) is 7.19. The largest absolute Gasteiger partial charge is 0.474 e. The minimum Gasteiger partial charge on any atom is -0.474 e. The number of likely N-dealkylation sites (tertiary alicyclic amines) is 1. The van der Waals surface area contributed by atoms with E-state index in [2.05, 4.69) is 4.98 Å². The van der Waals surface area contributed by atoms with E-state index in [0.29, 0.717) is 17.5 Å². The fraction of sp³-hybridized carbons (Fsp3) is 0.647. The number of piperidine rings is 1. The number of nitrogens with zero attached hydrogens (tertiary/aromatic N) is 3. The van der Waals surface area contributed by atoms with E-state index in [1.165, 1.54) is 17.5 Å². The molecule has 2 aliphatic rings. The molecule has 1 aromatic heterocycles. The summed E-state index contributed by atoms with van der Waals surface area (Å²) in [4.78, 5) is 18.2. The predicted octanol–water partition coefficient (Wildman–Crippen LogP) is 1.65. The lowest BCUT2D eigenvalue weighted by Gasteiger charge is -2.32. The molecule has 8 heteroatoms. The zero-order valence-electron chi connectivity index (χ0n) is 14.7. The Kier molecular flexibility index (Phi) is 5.17. The number of amides is 1. The van der Waals surface area contributed by atoms with E-state index in [1.807, 2.05) is 4.90 Å². The SMILES string of the molecule is CCS(=O)(=O)N(C)c1ccc(OC2CCN(C(=O)C3CC3)CC2)nc1. The maximum atomic E-state index is 12.1. The number of rotatable bonds is 6. The Morgan fingerprint density at radius 3 is 2.48 bits per heavy atom. The fourth-order valence-corrected chi connectivity index (χ4v) is 3.75. The van der Waals surface area contributed by atoms with Crippen LogP contribution in [0, 0.1) is 5.92 Å². The summed E-state index contributed by atoms with van der Waals surface area (Å²) < 4.78 is 30.9. The van der Waals surface area contributed by atoms with Gasteiger partial charge in [-0.05, 0) is 25.8 Å². The van der Waals surface area contributed by atoms with Gasteiger partial charge < -0.3 is 9.64 Å². The highest BCUT2D eigenvalue weighted by Crippen LogP contribution is 2.32. The van der Waals surface area contributed by atoms with Gasteiger partial charge in [-0.1, -0.05) is 0 Å². The second-order valence-corrected chi connectivity index (χ2v) is 8.93. The van der Waals surface area contributed by atoms with Crippen molar-refractivity contribution < 1.29 is 17.9 Å². The Morgan fingerprint density at radius 2 is 1.96 bits per heavy atom. The average molecular weight is 367 g/mol. The monoisotopic (exact) mass is 367 g/mol. The van der Waals surface area contributed by atoms with E-state index in [1.54, 1.807) is 19.1 Å². The minimum absolute atomic E-state index is 0.0405. The maximum absolute atomic E-state index is 12.1. The van der Waals surface area contributed by atoms with Crippen LogP contribution in [0.2, 0.25) is 0 Å². The lowest BCUT2D eigenvalue weighted by Crippen LogP contribution is -2.42. The molecule has 25 heavy (non-hydrogen) atoms. The molecule has 0 radical (unpaired) electrons. The quantitative estimate of drug-likeness (QED) is 0.764. The lowest BCUT2D eigenvalue weighted by atomic mass is 10.1. The summed E-state index contributed by atoms with van der Waals surface area (Å²) >= 11 is 0. The summed E-state index contributed by atoms with van der Waals surface area (Å²) in [5.41, 5.74) is 0.513. The molecule has 1 amide bonds. The zero-order chi connectivity index (χ0) is 18.0. The van der Waals surface area contributed by atoms with Crippen LogP contribution in [0.1, 0.15) is 32.6 Å². The van der Waals surface area contributed by atoms with Gasteiger partial charge in [0.1, 0.15) is 6.10 Å². The summed E-state index contributed by atoms with van der Waals surface area (Å²) in [6, 6.07) is 3.39. The first kappa shape index (κ1) is 18.0. The van der Waals surface area contributed by atoms with Crippen molar-refractivity contribution in [3.8, 4) is 5.88 Å². The molecule has 138 valence electrons. The Labute approximate surface area is 149 Å². The number of ether oxygens (including phenoxy) is 1. The highest BCUT2D eigenvalue weighted by Gasteiger charge is 2.35. The molecule has 2 heterocycles. The summed E-state index contributed by atoms with van der Waals surface area (Å²) in [5, 5.41) is 0. The first-order valence-electron chi connectivity index (χ1n) is 8.79. The molecule has 2 fully saturated rings. The number of hydrogen-bond donors (Lipinski definition) is 0. The number of pyridine rings is 1. The van der Waals surface area contributed by atoms with Gasteiger partial charge in [-0.15, -0.1) is 0 Å². The molecule has 1 aliphatic heterocycles. The second-order valence-electron chi connectivity index (χ2n) is 6.64. The van der Waals surface area contributed by atoms with E-state index in [9.17, 15) is 13.2 Å².